The van der Waals surface area contributed by atoms with Gasteiger partial charge in [-0.25, -0.2) is 0 Å². The van der Waals surface area contributed by atoms with E-state index in [1.54, 1.807) is 0 Å². The lowest BCUT2D eigenvalue weighted by atomic mass is 10.0. The molecule has 0 spiro atoms. The van der Waals surface area contributed by atoms with E-state index in [0.29, 0.717) is 6.04 Å². The molecule has 122 valence electrons. The molecule has 0 aliphatic carbocycles. The van der Waals surface area contributed by atoms with Gasteiger partial charge in [0.2, 0.25) is 5.91 Å². The van der Waals surface area contributed by atoms with Crippen LogP contribution in [-0.2, 0) is 4.79 Å². The quantitative estimate of drug-likeness (QED) is 0.815. The number of rotatable bonds is 6. The van der Waals surface area contributed by atoms with Crippen LogP contribution in [0.4, 0.5) is 0 Å². The Morgan fingerprint density at radius 1 is 1.05 bits per heavy atom. The number of nitrogens with zero attached hydrogens (tertiary/aromatic N) is 2. The van der Waals surface area contributed by atoms with Crippen molar-refractivity contribution in [2.24, 2.45) is 5.92 Å². The van der Waals surface area contributed by atoms with E-state index in [1.165, 1.54) is 64.8 Å². The number of likely N-dealkylation sites (tertiary alicyclic amines) is 2. The van der Waals surface area contributed by atoms with Gasteiger partial charge in [-0.1, -0.05) is 20.3 Å². The van der Waals surface area contributed by atoms with Gasteiger partial charge >= 0.3 is 0 Å². The van der Waals surface area contributed by atoms with Crippen LogP contribution in [0.5, 0.6) is 0 Å². The summed E-state index contributed by atoms with van der Waals surface area (Å²) < 4.78 is 0. The largest absolute Gasteiger partial charge is 0.352 e. The van der Waals surface area contributed by atoms with Crippen molar-refractivity contribution in [3.05, 3.63) is 0 Å². The highest BCUT2D eigenvalue weighted by Gasteiger charge is 2.22. The molecule has 2 rings (SSSR count). The summed E-state index contributed by atoms with van der Waals surface area (Å²) in [6, 6.07) is 0.364. The Morgan fingerprint density at radius 3 is 2.43 bits per heavy atom. The zero-order valence-corrected chi connectivity index (χ0v) is 13.9. The van der Waals surface area contributed by atoms with Crippen molar-refractivity contribution in [2.45, 2.75) is 58.4 Å². The topological polar surface area (TPSA) is 35.6 Å². The SMILES string of the molecule is CC(C)C(=O)N[C@H]1CCCN(CCCN2CCCCC2)C1. The third-order valence-electron chi connectivity index (χ3n) is 4.77. The Labute approximate surface area is 130 Å². The average molecular weight is 295 g/mol. The van der Waals surface area contributed by atoms with E-state index >= 15 is 0 Å². The predicted octanol–water partition coefficient (Wildman–Crippen LogP) is 2.10. The van der Waals surface area contributed by atoms with E-state index < -0.39 is 0 Å². The average Bonchev–Trinajstić information content (AvgIpc) is 2.48. The molecule has 1 N–H and O–H groups in total. The molecule has 0 bridgehead atoms. The van der Waals surface area contributed by atoms with Gasteiger partial charge in [-0.15, -0.1) is 0 Å². The van der Waals surface area contributed by atoms with Crippen molar-refractivity contribution in [3.8, 4) is 0 Å². The summed E-state index contributed by atoms with van der Waals surface area (Å²) in [6.07, 6.45) is 7.80. The van der Waals surface area contributed by atoms with Gasteiger partial charge in [-0.2, -0.15) is 0 Å². The van der Waals surface area contributed by atoms with Crippen molar-refractivity contribution in [3.63, 3.8) is 0 Å². The molecule has 1 atom stereocenters. The van der Waals surface area contributed by atoms with Crippen LogP contribution in [0.15, 0.2) is 0 Å². The van der Waals surface area contributed by atoms with Crippen LogP contribution < -0.4 is 5.32 Å². The minimum absolute atomic E-state index is 0.0967. The normalized spacial score (nSPS) is 25.2. The van der Waals surface area contributed by atoms with E-state index in [2.05, 4.69) is 15.1 Å². The smallest absolute Gasteiger partial charge is 0.222 e. The molecule has 0 aromatic carbocycles. The van der Waals surface area contributed by atoms with Gasteiger partial charge in [0.05, 0.1) is 0 Å². The maximum absolute atomic E-state index is 11.8. The third kappa shape index (κ3) is 5.95. The molecular formula is C17H33N3O. The van der Waals surface area contributed by atoms with Crippen LogP contribution in [0.2, 0.25) is 0 Å². The Hall–Kier alpha value is -0.610. The second-order valence-electron chi connectivity index (χ2n) is 7.06. The molecule has 2 aliphatic heterocycles. The third-order valence-corrected chi connectivity index (χ3v) is 4.77. The summed E-state index contributed by atoms with van der Waals surface area (Å²) in [5, 5.41) is 3.20. The Bertz CT molecular complexity index is 313. The first-order valence-electron chi connectivity index (χ1n) is 8.90. The summed E-state index contributed by atoms with van der Waals surface area (Å²) in [5.74, 6) is 0.301. The summed E-state index contributed by atoms with van der Waals surface area (Å²) in [7, 11) is 0. The molecule has 2 saturated heterocycles. The molecule has 2 heterocycles. The van der Waals surface area contributed by atoms with E-state index in [4.69, 9.17) is 0 Å². The van der Waals surface area contributed by atoms with E-state index in [9.17, 15) is 4.79 Å². The zero-order valence-electron chi connectivity index (χ0n) is 13.9. The number of piperidine rings is 2. The minimum Gasteiger partial charge on any atom is -0.352 e. The van der Waals surface area contributed by atoms with Crippen LogP contribution in [0, 0.1) is 5.92 Å². The first kappa shape index (κ1) is 16.8. The van der Waals surface area contributed by atoms with Gasteiger partial charge in [0.15, 0.2) is 0 Å². The lowest BCUT2D eigenvalue weighted by Crippen LogP contribution is -2.49. The van der Waals surface area contributed by atoms with E-state index in [1.807, 2.05) is 13.8 Å². The van der Waals surface area contributed by atoms with Crippen molar-refractivity contribution in [1.82, 2.24) is 15.1 Å². The minimum atomic E-state index is 0.0967. The fraction of sp³-hybridized carbons (Fsp3) is 0.941. The standard InChI is InChI=1S/C17H33N3O/c1-15(2)17(21)18-16-8-6-11-20(14-16)13-7-12-19-9-4-3-5-10-19/h15-16H,3-14H2,1-2H3,(H,18,21)/t16-/m0/s1. The number of carbonyl (C=O) groups is 1. The van der Waals surface area contributed by atoms with Crippen LogP contribution in [0.3, 0.4) is 0 Å². The Balaban J connectivity index is 1.63. The summed E-state index contributed by atoms with van der Waals surface area (Å²) in [4.78, 5) is 17.0. The number of hydrogen-bond acceptors (Lipinski definition) is 3. The van der Waals surface area contributed by atoms with Crippen molar-refractivity contribution in [2.75, 3.05) is 39.3 Å². The Morgan fingerprint density at radius 2 is 1.71 bits per heavy atom. The molecule has 0 unspecified atom stereocenters. The summed E-state index contributed by atoms with van der Waals surface area (Å²) in [6.45, 7) is 11.2. The highest BCUT2D eigenvalue weighted by Crippen LogP contribution is 2.13. The number of amides is 1. The Kier molecular flexibility index (Phi) is 6.97. The molecule has 0 aromatic rings. The number of hydrogen-bond donors (Lipinski definition) is 1. The predicted molar refractivity (Wildman–Crippen MR) is 87.4 cm³/mol. The second-order valence-corrected chi connectivity index (χ2v) is 7.06. The summed E-state index contributed by atoms with van der Waals surface area (Å²) in [5.41, 5.74) is 0. The van der Waals surface area contributed by atoms with Gasteiger partial charge in [0, 0.05) is 18.5 Å². The van der Waals surface area contributed by atoms with Crippen LogP contribution in [0.25, 0.3) is 0 Å². The van der Waals surface area contributed by atoms with E-state index in [-0.39, 0.29) is 11.8 Å². The maximum Gasteiger partial charge on any atom is 0.222 e. The fourth-order valence-corrected chi connectivity index (χ4v) is 3.45. The second kappa shape index (κ2) is 8.74. The van der Waals surface area contributed by atoms with Crippen LogP contribution >= 0.6 is 0 Å². The van der Waals surface area contributed by atoms with Crippen molar-refractivity contribution in [1.29, 1.82) is 0 Å². The van der Waals surface area contributed by atoms with Crippen molar-refractivity contribution < 1.29 is 4.79 Å². The van der Waals surface area contributed by atoms with Gasteiger partial charge in [-0.3, -0.25) is 4.79 Å². The van der Waals surface area contributed by atoms with Crippen LogP contribution in [-0.4, -0.2) is 61.0 Å². The molecule has 4 nitrogen and oxygen atoms in total. The molecule has 21 heavy (non-hydrogen) atoms. The molecule has 2 aliphatic rings. The molecule has 4 heteroatoms. The molecular weight excluding hydrogens is 262 g/mol. The maximum atomic E-state index is 11.8. The highest BCUT2D eigenvalue weighted by atomic mass is 16.1. The lowest BCUT2D eigenvalue weighted by molar-refractivity contribution is -0.125. The lowest BCUT2D eigenvalue weighted by Gasteiger charge is -2.34. The summed E-state index contributed by atoms with van der Waals surface area (Å²) >= 11 is 0. The van der Waals surface area contributed by atoms with Gasteiger partial charge in [0.1, 0.15) is 0 Å². The number of carbonyl (C=O) groups excluding carboxylic acids is 1. The van der Waals surface area contributed by atoms with Gasteiger partial charge in [-0.05, 0) is 64.8 Å². The molecule has 0 saturated carbocycles. The molecule has 2 fully saturated rings. The van der Waals surface area contributed by atoms with Crippen LogP contribution in [0.1, 0.15) is 52.4 Å². The van der Waals surface area contributed by atoms with Gasteiger partial charge < -0.3 is 15.1 Å². The molecule has 0 aromatic heterocycles. The first-order chi connectivity index (χ1) is 10.1. The zero-order chi connectivity index (χ0) is 15.1. The highest BCUT2D eigenvalue weighted by molar-refractivity contribution is 5.78. The fourth-order valence-electron chi connectivity index (χ4n) is 3.45. The first-order valence-corrected chi connectivity index (χ1v) is 8.90. The van der Waals surface area contributed by atoms with Crippen molar-refractivity contribution >= 4 is 5.91 Å². The molecule has 1 amide bonds. The monoisotopic (exact) mass is 295 g/mol. The van der Waals surface area contributed by atoms with E-state index in [0.717, 1.165) is 13.0 Å². The molecule has 0 radical (unpaired) electrons. The number of nitrogens with one attached hydrogen (secondary N) is 1. The van der Waals surface area contributed by atoms with Gasteiger partial charge in [0.25, 0.3) is 0 Å².